The minimum absolute atomic E-state index is 1.09. The van der Waals surface area contributed by atoms with E-state index in [1.54, 1.807) is 0 Å². The molecule has 0 unspecified atom stereocenters. The number of unbranched alkanes of at least 4 members (excludes halogenated alkanes) is 10. The number of rotatable bonds is 22. The third-order valence-electron chi connectivity index (χ3n) is 9.15. The average molecular weight is 672 g/mol. The van der Waals surface area contributed by atoms with Crippen molar-refractivity contribution in [3.8, 4) is 11.5 Å². The molecule has 0 aromatic heterocycles. The van der Waals surface area contributed by atoms with Gasteiger partial charge in [-0.15, -0.1) is 0 Å². The molecule has 0 aliphatic rings. The molecular formula is C38H64O2Sn. The zero-order chi connectivity index (χ0) is 30.1. The Hall–Kier alpha value is -1.16. The standard InChI is InChI=1S/2C11H16O.2C8H17.Sn/c2*1-4-5-10-6-7-11(12)9(3)8(10)2;2*1-3-5-7-8-6-4-2;/h2*6-7,12H,4-5H2,1-3H3;2*1,3-8H2,2H3;/q;;;;+2/p-2. The summed E-state index contributed by atoms with van der Waals surface area (Å²) in [5.74, 6) is 2.18. The molecule has 0 saturated carbocycles. The second-order valence-corrected chi connectivity index (χ2v) is 21.8. The van der Waals surface area contributed by atoms with Crippen LogP contribution in [0.1, 0.15) is 151 Å². The first-order chi connectivity index (χ1) is 19.8. The van der Waals surface area contributed by atoms with Crippen LogP contribution in [0.4, 0.5) is 0 Å². The average Bonchev–Trinajstić information content (AvgIpc) is 2.96. The summed E-state index contributed by atoms with van der Waals surface area (Å²) >= 11 is -3.59. The van der Waals surface area contributed by atoms with Gasteiger partial charge in [-0.25, -0.2) is 0 Å². The molecule has 2 rings (SSSR count). The van der Waals surface area contributed by atoms with Gasteiger partial charge in [-0.05, 0) is 0 Å². The Bertz CT molecular complexity index is 930. The summed E-state index contributed by atoms with van der Waals surface area (Å²) in [5.41, 5.74) is 8.36. The van der Waals surface area contributed by atoms with Gasteiger partial charge in [0.2, 0.25) is 0 Å². The van der Waals surface area contributed by atoms with E-state index in [1.165, 1.54) is 123 Å². The molecule has 0 atom stereocenters. The SMILES string of the molecule is CCCCCCC[CH2][Sn]([CH2]CCCCCCC)([O]c1ccc(CCC)c(C)c1C)[O]c1ccc(CCC)c(C)c1C. The van der Waals surface area contributed by atoms with Crippen LogP contribution < -0.4 is 6.15 Å². The Morgan fingerprint density at radius 3 is 1.17 bits per heavy atom. The molecule has 232 valence electrons. The van der Waals surface area contributed by atoms with Crippen LogP contribution in [0.25, 0.3) is 0 Å². The summed E-state index contributed by atoms with van der Waals surface area (Å²) in [6, 6.07) is 9.19. The summed E-state index contributed by atoms with van der Waals surface area (Å²) in [6.07, 6.45) is 20.3. The van der Waals surface area contributed by atoms with Crippen molar-refractivity contribution in [2.45, 2.75) is 167 Å². The normalized spacial score (nSPS) is 11.7. The summed E-state index contributed by atoms with van der Waals surface area (Å²) < 4.78 is 17.0. The van der Waals surface area contributed by atoms with Crippen LogP contribution in [0.15, 0.2) is 24.3 Å². The van der Waals surface area contributed by atoms with Crippen LogP contribution in [0.3, 0.4) is 0 Å². The van der Waals surface area contributed by atoms with E-state index >= 15 is 0 Å². The van der Waals surface area contributed by atoms with Crippen molar-refractivity contribution in [2.75, 3.05) is 0 Å². The van der Waals surface area contributed by atoms with Crippen molar-refractivity contribution in [1.82, 2.24) is 0 Å². The van der Waals surface area contributed by atoms with Crippen LogP contribution in [-0.2, 0) is 12.8 Å². The first kappa shape index (κ1) is 36.0. The second-order valence-electron chi connectivity index (χ2n) is 12.6. The maximum absolute atomic E-state index is 7.37. The van der Waals surface area contributed by atoms with E-state index in [0.717, 1.165) is 33.2 Å². The van der Waals surface area contributed by atoms with Crippen molar-refractivity contribution >= 4 is 19.2 Å². The van der Waals surface area contributed by atoms with Gasteiger partial charge in [0.15, 0.2) is 0 Å². The van der Waals surface area contributed by atoms with Crippen LogP contribution in [0, 0.1) is 27.7 Å². The number of hydrogen-bond acceptors (Lipinski definition) is 2. The fourth-order valence-electron chi connectivity index (χ4n) is 6.11. The molecule has 0 fully saturated rings. The van der Waals surface area contributed by atoms with Crippen LogP contribution >= 0.6 is 0 Å². The van der Waals surface area contributed by atoms with Gasteiger partial charge >= 0.3 is 261 Å². The van der Waals surface area contributed by atoms with Crippen LogP contribution in [0.5, 0.6) is 11.5 Å². The summed E-state index contributed by atoms with van der Waals surface area (Å²) in [6.45, 7) is 18.2. The van der Waals surface area contributed by atoms with Crippen molar-refractivity contribution in [1.29, 1.82) is 0 Å². The Labute approximate surface area is 260 Å². The zero-order valence-electron chi connectivity index (χ0n) is 28.4. The molecule has 0 aliphatic heterocycles. The van der Waals surface area contributed by atoms with E-state index in [4.69, 9.17) is 6.15 Å². The topological polar surface area (TPSA) is 18.5 Å². The van der Waals surface area contributed by atoms with Crippen LogP contribution in [-0.4, -0.2) is 19.2 Å². The molecule has 0 bridgehead atoms. The first-order valence-electron chi connectivity index (χ1n) is 17.4. The molecule has 0 radical (unpaired) electrons. The summed E-state index contributed by atoms with van der Waals surface area (Å²) in [5, 5.41) is 0. The van der Waals surface area contributed by atoms with Crippen molar-refractivity contribution in [3.63, 3.8) is 0 Å². The Kier molecular flexibility index (Phi) is 17.5. The Balaban J connectivity index is 2.44. The third-order valence-corrected chi connectivity index (χ3v) is 18.9. The van der Waals surface area contributed by atoms with E-state index < -0.39 is 19.2 Å². The molecule has 0 N–H and O–H groups in total. The monoisotopic (exact) mass is 672 g/mol. The van der Waals surface area contributed by atoms with Crippen molar-refractivity contribution in [2.24, 2.45) is 0 Å². The quantitative estimate of drug-likeness (QED) is 0.0916. The van der Waals surface area contributed by atoms with E-state index in [-0.39, 0.29) is 0 Å². The fourth-order valence-corrected chi connectivity index (χ4v) is 16.2. The van der Waals surface area contributed by atoms with Crippen molar-refractivity contribution < 1.29 is 6.15 Å². The van der Waals surface area contributed by atoms with Gasteiger partial charge in [0.25, 0.3) is 0 Å². The number of aryl methyl sites for hydroxylation is 2. The molecule has 0 saturated heterocycles. The molecule has 0 amide bonds. The van der Waals surface area contributed by atoms with E-state index in [9.17, 15) is 0 Å². The number of hydrogen-bond donors (Lipinski definition) is 0. The van der Waals surface area contributed by atoms with Gasteiger partial charge in [-0.3, -0.25) is 0 Å². The Morgan fingerprint density at radius 2 is 0.805 bits per heavy atom. The van der Waals surface area contributed by atoms with Gasteiger partial charge in [0, 0.05) is 0 Å². The molecule has 2 aromatic carbocycles. The predicted molar refractivity (Wildman–Crippen MR) is 183 cm³/mol. The maximum atomic E-state index is 7.37. The second kappa shape index (κ2) is 19.9. The molecule has 2 nitrogen and oxygen atoms in total. The van der Waals surface area contributed by atoms with Crippen molar-refractivity contribution in [3.05, 3.63) is 57.6 Å². The van der Waals surface area contributed by atoms with Gasteiger partial charge in [-0.2, -0.15) is 0 Å². The minimum atomic E-state index is -3.59. The third kappa shape index (κ3) is 11.8. The molecule has 3 heteroatoms. The fraction of sp³-hybridized carbons (Fsp3) is 0.684. The van der Waals surface area contributed by atoms with Gasteiger partial charge in [-0.1, -0.05) is 0 Å². The first-order valence-corrected chi connectivity index (χ1v) is 23.7. The molecule has 0 spiro atoms. The summed E-state index contributed by atoms with van der Waals surface area (Å²) in [4.78, 5) is 0. The predicted octanol–water partition coefficient (Wildman–Crippen LogP) is 12.4. The number of benzene rings is 2. The summed E-state index contributed by atoms with van der Waals surface area (Å²) in [7, 11) is 0. The zero-order valence-corrected chi connectivity index (χ0v) is 31.2. The van der Waals surface area contributed by atoms with Crippen LogP contribution in [0.2, 0.25) is 8.87 Å². The molecule has 0 heterocycles. The molecule has 0 aliphatic carbocycles. The van der Waals surface area contributed by atoms with Gasteiger partial charge in [0.1, 0.15) is 0 Å². The van der Waals surface area contributed by atoms with Gasteiger partial charge in [0.05, 0.1) is 0 Å². The molecule has 41 heavy (non-hydrogen) atoms. The van der Waals surface area contributed by atoms with E-state index in [2.05, 4.69) is 79.7 Å². The Morgan fingerprint density at radius 1 is 0.439 bits per heavy atom. The van der Waals surface area contributed by atoms with E-state index in [1.807, 2.05) is 0 Å². The van der Waals surface area contributed by atoms with Gasteiger partial charge < -0.3 is 0 Å². The molecule has 2 aromatic rings. The molecular weight excluding hydrogens is 607 g/mol. The van der Waals surface area contributed by atoms with E-state index in [0.29, 0.717) is 0 Å².